The number of non-ortho nitro benzene ring substituents is 1. The Morgan fingerprint density at radius 1 is 1.12 bits per heavy atom. The first-order valence-corrected chi connectivity index (χ1v) is 7.81. The molecule has 7 nitrogen and oxygen atoms in total. The Bertz CT molecular complexity index is 829. The molecule has 0 aliphatic heterocycles. The van der Waals surface area contributed by atoms with E-state index < -0.39 is 16.7 Å². The molecule has 2 rings (SSSR count). The van der Waals surface area contributed by atoms with Gasteiger partial charge in [-0.15, -0.1) is 0 Å². The number of rotatable bonds is 6. The van der Waals surface area contributed by atoms with Crippen LogP contribution in [0.25, 0.3) is 0 Å². The van der Waals surface area contributed by atoms with Gasteiger partial charge < -0.3 is 10.1 Å². The molecule has 0 heterocycles. The van der Waals surface area contributed by atoms with Crippen molar-refractivity contribution >= 4 is 39.1 Å². The van der Waals surface area contributed by atoms with E-state index in [0.717, 1.165) is 10.5 Å². The van der Waals surface area contributed by atoms with Crippen LogP contribution in [-0.2, 0) is 9.53 Å². The number of ketones is 1. The average molecular weight is 405 g/mol. The number of carbonyl (C=O) groups excluding carboxylic acids is 2. The van der Waals surface area contributed by atoms with Gasteiger partial charge in [0.25, 0.3) is 5.69 Å². The summed E-state index contributed by atoms with van der Waals surface area (Å²) < 4.78 is 5.54. The summed E-state index contributed by atoms with van der Waals surface area (Å²) in [4.78, 5) is 34.3. The number of nitrogens with zero attached hydrogens (tertiary/aromatic N) is 1. The predicted octanol–water partition coefficient (Wildman–Crippen LogP) is 3.71. The highest BCUT2D eigenvalue weighted by molar-refractivity contribution is 9.10. The number of halogens is 1. The van der Waals surface area contributed by atoms with Crippen molar-refractivity contribution in [2.75, 3.05) is 12.4 Å². The molecule has 0 radical (unpaired) electrons. The van der Waals surface area contributed by atoms with Crippen LogP contribution >= 0.6 is 15.9 Å². The molecule has 0 aliphatic carbocycles. The molecule has 0 amide bonds. The average Bonchev–Trinajstić information content (AvgIpc) is 2.62. The topological polar surface area (TPSA) is 98.5 Å². The van der Waals surface area contributed by atoms with Gasteiger partial charge in [0.05, 0.1) is 12.0 Å². The van der Waals surface area contributed by atoms with E-state index in [-0.39, 0.29) is 16.9 Å². The second-order valence-corrected chi connectivity index (χ2v) is 5.77. The lowest BCUT2D eigenvalue weighted by Gasteiger charge is -2.09. The summed E-state index contributed by atoms with van der Waals surface area (Å²) in [6.45, 7) is 0. The molecule has 0 fully saturated rings. The number of esters is 1. The highest BCUT2D eigenvalue weighted by Gasteiger charge is 2.14. The molecule has 1 N–H and O–H groups in total. The number of nitro benzene ring substituents is 1. The lowest BCUT2D eigenvalue weighted by atomic mass is 10.1. The highest BCUT2D eigenvalue weighted by Crippen LogP contribution is 2.17. The van der Waals surface area contributed by atoms with Gasteiger partial charge in [0.2, 0.25) is 0 Å². The third kappa shape index (κ3) is 4.98. The Labute approximate surface area is 151 Å². The summed E-state index contributed by atoms with van der Waals surface area (Å²) in [6, 6.07) is 12.1. The smallest absolute Gasteiger partial charge is 0.354 e. The molecule has 25 heavy (non-hydrogen) atoms. The number of allylic oxidation sites excluding steroid dienone is 1. The summed E-state index contributed by atoms with van der Waals surface area (Å²) in [5, 5.41) is 13.5. The lowest BCUT2D eigenvalue weighted by molar-refractivity contribution is -0.384. The Kier molecular flexibility index (Phi) is 6.02. The molecule has 0 atom stereocenters. The molecule has 2 aromatic rings. The third-order valence-electron chi connectivity index (χ3n) is 3.17. The number of hydrogen-bond donors (Lipinski definition) is 1. The van der Waals surface area contributed by atoms with Crippen molar-refractivity contribution in [3.05, 3.63) is 80.5 Å². The SMILES string of the molecule is COC(=O)C(=CC(=O)c1ccc([N+](=O)[O-])cc1)Nc1ccc(Br)cc1. The summed E-state index contributed by atoms with van der Waals surface area (Å²) in [7, 11) is 1.20. The largest absolute Gasteiger partial charge is 0.464 e. The Balaban J connectivity index is 2.26. The fraction of sp³-hybridized carbons (Fsp3) is 0.0588. The quantitative estimate of drug-likeness (QED) is 0.259. The normalized spacial score (nSPS) is 10.9. The number of nitro groups is 1. The molecular formula is C17H13BrN2O5. The predicted molar refractivity (Wildman–Crippen MR) is 95.3 cm³/mol. The first-order valence-electron chi connectivity index (χ1n) is 7.02. The van der Waals surface area contributed by atoms with Crippen molar-refractivity contribution in [1.82, 2.24) is 0 Å². The first-order chi connectivity index (χ1) is 11.9. The van der Waals surface area contributed by atoms with E-state index in [4.69, 9.17) is 0 Å². The van der Waals surface area contributed by atoms with Gasteiger partial charge in [0.15, 0.2) is 5.78 Å². The molecule has 2 aromatic carbocycles. The van der Waals surface area contributed by atoms with Crippen LogP contribution in [-0.4, -0.2) is 23.8 Å². The fourth-order valence-electron chi connectivity index (χ4n) is 1.91. The van der Waals surface area contributed by atoms with Crippen molar-refractivity contribution < 1.29 is 19.2 Å². The Hall–Kier alpha value is -3.00. The zero-order chi connectivity index (χ0) is 18.4. The fourth-order valence-corrected chi connectivity index (χ4v) is 2.17. The molecule has 128 valence electrons. The molecule has 0 saturated heterocycles. The van der Waals surface area contributed by atoms with Gasteiger partial charge in [0, 0.05) is 33.9 Å². The number of nitrogens with one attached hydrogen (secondary N) is 1. The van der Waals surface area contributed by atoms with Gasteiger partial charge in [-0.3, -0.25) is 14.9 Å². The number of anilines is 1. The van der Waals surface area contributed by atoms with Gasteiger partial charge >= 0.3 is 5.97 Å². The van der Waals surface area contributed by atoms with Crippen molar-refractivity contribution in [3.63, 3.8) is 0 Å². The minimum atomic E-state index is -0.710. The maximum absolute atomic E-state index is 12.3. The minimum absolute atomic E-state index is 0.0480. The third-order valence-corrected chi connectivity index (χ3v) is 3.70. The van der Waals surface area contributed by atoms with Crippen LogP contribution in [0.2, 0.25) is 0 Å². The van der Waals surface area contributed by atoms with Crippen LogP contribution in [0.1, 0.15) is 10.4 Å². The van der Waals surface area contributed by atoms with E-state index in [9.17, 15) is 19.7 Å². The summed E-state index contributed by atoms with van der Waals surface area (Å²) >= 11 is 3.31. The van der Waals surface area contributed by atoms with E-state index in [1.807, 2.05) is 0 Å². The van der Waals surface area contributed by atoms with E-state index in [2.05, 4.69) is 26.0 Å². The molecule has 0 unspecified atom stereocenters. The molecule has 0 aliphatic rings. The van der Waals surface area contributed by atoms with Crippen LogP contribution < -0.4 is 5.32 Å². The number of carbonyl (C=O) groups is 2. The maximum Gasteiger partial charge on any atom is 0.354 e. The van der Waals surface area contributed by atoms with Crippen LogP contribution in [0.15, 0.2) is 64.8 Å². The van der Waals surface area contributed by atoms with E-state index in [1.165, 1.54) is 31.4 Å². The van der Waals surface area contributed by atoms with Crippen LogP contribution in [0.3, 0.4) is 0 Å². The molecule has 8 heteroatoms. The zero-order valence-corrected chi connectivity index (χ0v) is 14.6. The van der Waals surface area contributed by atoms with E-state index in [0.29, 0.717) is 5.69 Å². The number of methoxy groups -OCH3 is 1. The minimum Gasteiger partial charge on any atom is -0.464 e. The monoisotopic (exact) mass is 404 g/mol. The molecule has 0 saturated carbocycles. The van der Waals surface area contributed by atoms with Gasteiger partial charge in [-0.05, 0) is 36.4 Å². The van der Waals surface area contributed by atoms with Gasteiger partial charge in [-0.2, -0.15) is 0 Å². The highest BCUT2D eigenvalue weighted by atomic mass is 79.9. The van der Waals surface area contributed by atoms with Crippen molar-refractivity contribution in [1.29, 1.82) is 0 Å². The second kappa shape index (κ2) is 8.20. The van der Waals surface area contributed by atoms with Gasteiger partial charge in [0.1, 0.15) is 5.70 Å². The molecule has 0 aromatic heterocycles. The number of benzene rings is 2. The standard InChI is InChI=1S/C17H13BrN2O5/c1-25-17(22)15(19-13-6-4-12(18)5-7-13)10-16(21)11-2-8-14(9-3-11)20(23)24/h2-10,19H,1H3. The van der Waals surface area contributed by atoms with E-state index >= 15 is 0 Å². The number of ether oxygens (including phenoxy) is 1. The van der Waals surface area contributed by atoms with Crippen LogP contribution in [0.4, 0.5) is 11.4 Å². The Morgan fingerprint density at radius 2 is 1.72 bits per heavy atom. The maximum atomic E-state index is 12.3. The summed E-state index contributed by atoms with van der Waals surface area (Å²) in [6.07, 6.45) is 1.09. The van der Waals surface area contributed by atoms with Crippen LogP contribution in [0.5, 0.6) is 0 Å². The summed E-state index contributed by atoms with van der Waals surface area (Å²) in [5.74, 6) is -1.20. The van der Waals surface area contributed by atoms with Gasteiger partial charge in [-0.1, -0.05) is 15.9 Å². The lowest BCUT2D eigenvalue weighted by Crippen LogP contribution is -2.15. The first kappa shape index (κ1) is 18.3. The van der Waals surface area contributed by atoms with Crippen molar-refractivity contribution in [2.45, 2.75) is 0 Å². The van der Waals surface area contributed by atoms with E-state index in [1.54, 1.807) is 24.3 Å². The molecule has 0 spiro atoms. The number of hydrogen-bond acceptors (Lipinski definition) is 6. The second-order valence-electron chi connectivity index (χ2n) is 4.85. The van der Waals surface area contributed by atoms with Crippen LogP contribution in [0, 0.1) is 10.1 Å². The zero-order valence-electron chi connectivity index (χ0n) is 13.1. The van der Waals surface area contributed by atoms with Crippen molar-refractivity contribution in [3.8, 4) is 0 Å². The van der Waals surface area contributed by atoms with Gasteiger partial charge in [-0.25, -0.2) is 4.79 Å². The molecular weight excluding hydrogens is 392 g/mol. The Morgan fingerprint density at radius 3 is 2.24 bits per heavy atom. The summed E-state index contributed by atoms with van der Waals surface area (Å²) in [5.41, 5.74) is 0.635. The van der Waals surface area contributed by atoms with Crippen molar-refractivity contribution in [2.24, 2.45) is 0 Å². The molecule has 0 bridgehead atoms.